The molecule has 11 heteroatoms. The first-order chi connectivity index (χ1) is 15.7. The molecule has 154 valence electrons. The molecule has 2 heterocycles. The number of rotatable bonds is 7. The zero-order valence-corrected chi connectivity index (χ0v) is 16.6. The van der Waals surface area contributed by atoms with Crippen LogP contribution in [0.4, 0.5) is 17.2 Å². The van der Waals surface area contributed by atoms with Crippen LogP contribution in [-0.2, 0) is 4.79 Å². The lowest BCUT2D eigenvalue weighted by molar-refractivity contribution is -0.117. The van der Waals surface area contributed by atoms with E-state index < -0.39 is 12.9 Å². The van der Waals surface area contributed by atoms with Crippen molar-refractivity contribution in [2.45, 2.75) is 12.8 Å². The SMILES string of the molecule is [2H]C([2H])([2H])NC(=O)c1nnc(NC(=O)C2CC2)cc1Nc1cccc(-c2ncns2)c1OC. The molecule has 2 aromatic heterocycles. The Bertz CT molecular complexity index is 1180. The van der Waals surface area contributed by atoms with Gasteiger partial charge in [-0.3, -0.25) is 9.59 Å². The average Bonchev–Trinajstić information content (AvgIpc) is 3.47. The summed E-state index contributed by atoms with van der Waals surface area (Å²) in [4.78, 5) is 28.9. The Kier molecular flexibility index (Phi) is 4.55. The van der Waals surface area contributed by atoms with Crippen molar-refractivity contribution in [2.75, 3.05) is 24.7 Å². The lowest BCUT2D eigenvalue weighted by Gasteiger charge is -2.16. The first kappa shape index (κ1) is 16.2. The molecule has 3 aromatic rings. The molecule has 1 saturated carbocycles. The van der Waals surface area contributed by atoms with Crippen LogP contribution in [0.15, 0.2) is 30.6 Å². The van der Waals surface area contributed by atoms with Crippen LogP contribution in [0.25, 0.3) is 10.6 Å². The highest BCUT2D eigenvalue weighted by atomic mass is 32.1. The second kappa shape index (κ2) is 8.41. The van der Waals surface area contributed by atoms with Gasteiger partial charge in [0.1, 0.15) is 11.3 Å². The van der Waals surface area contributed by atoms with Crippen LogP contribution in [0.5, 0.6) is 5.75 Å². The summed E-state index contributed by atoms with van der Waals surface area (Å²) in [6.07, 6.45) is 3.04. The van der Waals surface area contributed by atoms with E-state index in [4.69, 9.17) is 8.85 Å². The molecular formula is C19H19N7O3S. The summed E-state index contributed by atoms with van der Waals surface area (Å²) >= 11 is 1.19. The maximum absolute atomic E-state index is 12.6. The topological polar surface area (TPSA) is 131 Å². The van der Waals surface area contributed by atoms with Gasteiger partial charge in [0, 0.05) is 23.1 Å². The van der Waals surface area contributed by atoms with Gasteiger partial charge in [0.15, 0.2) is 17.3 Å². The Labute approximate surface area is 180 Å². The van der Waals surface area contributed by atoms with Crippen LogP contribution in [0.1, 0.15) is 27.4 Å². The predicted octanol–water partition coefficient (Wildman–Crippen LogP) is 2.46. The molecule has 0 spiro atoms. The molecule has 2 amide bonds. The number of para-hydroxylation sites is 1. The van der Waals surface area contributed by atoms with Gasteiger partial charge < -0.3 is 20.7 Å². The molecule has 3 N–H and O–H groups in total. The number of carbonyl (C=O) groups excluding carboxylic acids is 2. The monoisotopic (exact) mass is 428 g/mol. The van der Waals surface area contributed by atoms with Gasteiger partial charge in [-0.1, -0.05) is 6.07 Å². The Balaban J connectivity index is 1.72. The van der Waals surface area contributed by atoms with Gasteiger partial charge in [-0.2, -0.15) is 4.37 Å². The summed E-state index contributed by atoms with van der Waals surface area (Å²) in [5.74, 6) is -0.656. The number of nitrogens with one attached hydrogen (secondary N) is 3. The number of nitrogens with zero attached hydrogens (tertiary/aromatic N) is 4. The fourth-order valence-electron chi connectivity index (χ4n) is 2.81. The van der Waals surface area contributed by atoms with E-state index in [2.05, 4.69) is 30.2 Å². The number of methoxy groups -OCH3 is 1. The van der Waals surface area contributed by atoms with Gasteiger partial charge in [-0.05, 0) is 36.5 Å². The maximum atomic E-state index is 12.6. The van der Waals surface area contributed by atoms with Crippen molar-refractivity contribution in [3.8, 4) is 16.3 Å². The number of hydrogen-bond donors (Lipinski definition) is 3. The summed E-state index contributed by atoms with van der Waals surface area (Å²) in [7, 11) is 1.49. The first-order valence-electron chi connectivity index (χ1n) is 10.5. The third-order valence-corrected chi connectivity index (χ3v) is 5.10. The zero-order chi connectivity index (χ0) is 23.6. The molecule has 30 heavy (non-hydrogen) atoms. The number of hydrogen-bond acceptors (Lipinski definition) is 9. The number of amides is 2. The highest BCUT2D eigenvalue weighted by molar-refractivity contribution is 7.09. The van der Waals surface area contributed by atoms with E-state index in [0.29, 0.717) is 22.0 Å². The molecule has 0 atom stereocenters. The number of ether oxygens (including phenoxy) is 1. The van der Waals surface area contributed by atoms with Crippen LogP contribution in [0.3, 0.4) is 0 Å². The number of aromatic nitrogens is 4. The molecule has 0 aliphatic heterocycles. The molecule has 1 fully saturated rings. The van der Waals surface area contributed by atoms with E-state index >= 15 is 0 Å². The van der Waals surface area contributed by atoms with Crippen LogP contribution < -0.4 is 20.7 Å². The van der Waals surface area contributed by atoms with Crippen molar-refractivity contribution in [1.82, 2.24) is 24.9 Å². The zero-order valence-electron chi connectivity index (χ0n) is 18.8. The molecule has 4 rings (SSSR count). The predicted molar refractivity (Wildman–Crippen MR) is 112 cm³/mol. The highest BCUT2D eigenvalue weighted by Gasteiger charge is 2.30. The fourth-order valence-corrected chi connectivity index (χ4v) is 3.36. The third-order valence-electron chi connectivity index (χ3n) is 4.40. The van der Waals surface area contributed by atoms with Crippen LogP contribution in [0, 0.1) is 5.92 Å². The molecule has 0 bridgehead atoms. The largest absolute Gasteiger partial charge is 0.494 e. The Morgan fingerprint density at radius 1 is 1.27 bits per heavy atom. The van der Waals surface area contributed by atoms with Crippen molar-refractivity contribution in [3.63, 3.8) is 0 Å². The molecule has 1 aliphatic rings. The molecule has 1 aromatic carbocycles. The van der Waals surface area contributed by atoms with E-state index in [1.807, 2.05) is 5.32 Å². The second-order valence-electron chi connectivity index (χ2n) is 6.47. The molecular weight excluding hydrogens is 406 g/mol. The van der Waals surface area contributed by atoms with Gasteiger partial charge >= 0.3 is 0 Å². The van der Waals surface area contributed by atoms with Crippen molar-refractivity contribution in [3.05, 3.63) is 36.3 Å². The molecule has 0 saturated heterocycles. The Hall–Kier alpha value is -3.60. The standard InChI is InChI=1S/C19H19N7O3S/c1-20-18(28)15-13(8-14(25-26-15)24-17(27)10-6-7-10)23-12-5-3-4-11(16(12)29-2)19-21-9-22-30-19/h3-5,8-10H,6-7H2,1-2H3,(H,20,28)(H2,23,24,25,27)/i1D3. The number of benzene rings is 1. The molecule has 1 aliphatic carbocycles. The summed E-state index contributed by atoms with van der Waals surface area (Å²) in [5, 5.41) is 16.0. The molecule has 10 nitrogen and oxygen atoms in total. The van der Waals surface area contributed by atoms with Gasteiger partial charge in [-0.15, -0.1) is 10.2 Å². The second-order valence-corrected chi connectivity index (χ2v) is 7.25. The molecule has 0 unspecified atom stereocenters. The Morgan fingerprint density at radius 2 is 2.13 bits per heavy atom. The maximum Gasteiger partial charge on any atom is 0.273 e. The minimum Gasteiger partial charge on any atom is -0.494 e. The summed E-state index contributed by atoms with van der Waals surface area (Å²) in [6.45, 7) is -2.72. The third kappa shape index (κ3) is 4.06. The quantitative estimate of drug-likeness (QED) is 0.523. The van der Waals surface area contributed by atoms with Crippen LogP contribution in [0.2, 0.25) is 0 Å². The van der Waals surface area contributed by atoms with E-state index in [1.54, 1.807) is 18.2 Å². The lowest BCUT2D eigenvalue weighted by atomic mass is 10.1. The van der Waals surface area contributed by atoms with Gasteiger partial charge in [0.05, 0.1) is 24.0 Å². The number of carbonyl (C=O) groups is 2. The van der Waals surface area contributed by atoms with E-state index in [0.717, 1.165) is 12.8 Å². The van der Waals surface area contributed by atoms with Crippen LogP contribution in [-0.4, -0.2) is 45.5 Å². The van der Waals surface area contributed by atoms with Gasteiger partial charge in [0.2, 0.25) is 5.91 Å². The van der Waals surface area contributed by atoms with Crippen molar-refractivity contribution in [2.24, 2.45) is 5.92 Å². The normalized spacial score (nSPS) is 14.8. The van der Waals surface area contributed by atoms with Gasteiger partial charge in [0.25, 0.3) is 5.91 Å². The van der Waals surface area contributed by atoms with E-state index in [-0.39, 0.29) is 29.0 Å². The number of anilines is 3. The minimum absolute atomic E-state index is 0.0644. The first-order valence-corrected chi connectivity index (χ1v) is 9.74. The van der Waals surface area contributed by atoms with E-state index in [9.17, 15) is 9.59 Å². The van der Waals surface area contributed by atoms with Crippen molar-refractivity contribution >= 4 is 40.5 Å². The lowest BCUT2D eigenvalue weighted by Crippen LogP contribution is -2.22. The van der Waals surface area contributed by atoms with Crippen molar-refractivity contribution < 1.29 is 18.4 Å². The smallest absolute Gasteiger partial charge is 0.273 e. The Morgan fingerprint density at radius 3 is 2.83 bits per heavy atom. The van der Waals surface area contributed by atoms with Crippen molar-refractivity contribution in [1.29, 1.82) is 0 Å². The molecule has 0 radical (unpaired) electrons. The van der Waals surface area contributed by atoms with E-state index in [1.165, 1.54) is 31.0 Å². The summed E-state index contributed by atoms with van der Waals surface area (Å²) in [5.41, 5.74) is 0.993. The van der Waals surface area contributed by atoms with Gasteiger partial charge in [-0.25, -0.2) is 4.98 Å². The minimum atomic E-state index is -2.72. The highest BCUT2D eigenvalue weighted by Crippen LogP contribution is 2.38. The fraction of sp³-hybridized carbons (Fsp3) is 0.263. The summed E-state index contributed by atoms with van der Waals surface area (Å²) < 4.78 is 31.5. The summed E-state index contributed by atoms with van der Waals surface area (Å²) in [6, 6.07) is 6.68. The average molecular weight is 428 g/mol. The van der Waals surface area contributed by atoms with Crippen LogP contribution >= 0.6 is 11.5 Å².